The van der Waals surface area contributed by atoms with Gasteiger partial charge in [-0.05, 0) is 6.92 Å². The summed E-state index contributed by atoms with van der Waals surface area (Å²) in [6.07, 6.45) is -23.9. The van der Waals surface area contributed by atoms with Gasteiger partial charge >= 0.3 is 0 Å². The highest BCUT2D eigenvalue weighted by molar-refractivity contribution is 4.96. The standard InChI is InChI=1S/C18H32O15/c1-4-7(21)9(23)12(26)17(29-4)33-15-8(22)5(2-19)31-18(13(15)27)32-14-6(3-20)30-16(28)11(25)10(14)24/h4-28H,2-3H2,1H3/t4-,5+,6+,7+,8-,9+,10+,11+,12-,13+,14+,15-,16?,17+,18-/m0/s1. The van der Waals surface area contributed by atoms with Crippen LogP contribution in [0.2, 0.25) is 0 Å². The normalized spacial score (nSPS) is 53.7. The van der Waals surface area contributed by atoms with E-state index < -0.39 is 105 Å². The van der Waals surface area contributed by atoms with Crippen LogP contribution in [-0.4, -0.2) is 156 Å². The Bertz CT molecular complexity index is 624. The summed E-state index contributed by atoms with van der Waals surface area (Å²) in [4.78, 5) is 0. The Morgan fingerprint density at radius 1 is 0.545 bits per heavy atom. The van der Waals surface area contributed by atoms with Gasteiger partial charge in [0.25, 0.3) is 0 Å². The monoisotopic (exact) mass is 488 g/mol. The van der Waals surface area contributed by atoms with Crippen molar-refractivity contribution in [1.82, 2.24) is 0 Å². The lowest BCUT2D eigenvalue weighted by molar-refractivity contribution is -0.377. The fourth-order valence-corrected chi connectivity index (χ4v) is 4.00. The predicted molar refractivity (Wildman–Crippen MR) is 99.8 cm³/mol. The van der Waals surface area contributed by atoms with E-state index in [0.717, 1.165) is 0 Å². The van der Waals surface area contributed by atoms with Crippen molar-refractivity contribution in [2.24, 2.45) is 0 Å². The molecule has 10 N–H and O–H groups in total. The molecule has 3 rings (SSSR count). The minimum Gasteiger partial charge on any atom is -0.394 e. The third kappa shape index (κ3) is 5.32. The van der Waals surface area contributed by atoms with Crippen molar-refractivity contribution in [3.8, 4) is 0 Å². The second-order valence-corrected chi connectivity index (χ2v) is 8.32. The fraction of sp³-hybridized carbons (Fsp3) is 1.00. The molecular weight excluding hydrogens is 456 g/mol. The van der Waals surface area contributed by atoms with Crippen LogP contribution < -0.4 is 0 Å². The van der Waals surface area contributed by atoms with Gasteiger partial charge in [-0.2, -0.15) is 0 Å². The van der Waals surface area contributed by atoms with Gasteiger partial charge in [0.15, 0.2) is 18.9 Å². The van der Waals surface area contributed by atoms with Crippen LogP contribution in [0.1, 0.15) is 6.92 Å². The third-order valence-corrected chi connectivity index (χ3v) is 6.05. The highest BCUT2D eigenvalue weighted by Gasteiger charge is 2.53. The molecule has 3 fully saturated rings. The van der Waals surface area contributed by atoms with Gasteiger partial charge in [-0.15, -0.1) is 0 Å². The molecule has 3 heterocycles. The van der Waals surface area contributed by atoms with Crippen LogP contribution in [0.3, 0.4) is 0 Å². The Morgan fingerprint density at radius 3 is 1.73 bits per heavy atom. The quantitative estimate of drug-likeness (QED) is 0.167. The summed E-state index contributed by atoms with van der Waals surface area (Å²) in [7, 11) is 0. The first-order valence-corrected chi connectivity index (χ1v) is 10.4. The Kier molecular flexibility index (Phi) is 8.99. The first-order valence-electron chi connectivity index (χ1n) is 10.4. The maximum atomic E-state index is 10.7. The maximum Gasteiger partial charge on any atom is 0.187 e. The van der Waals surface area contributed by atoms with Crippen LogP contribution in [0.15, 0.2) is 0 Å². The second-order valence-electron chi connectivity index (χ2n) is 8.32. The van der Waals surface area contributed by atoms with Gasteiger partial charge in [0.1, 0.15) is 67.1 Å². The van der Waals surface area contributed by atoms with Gasteiger partial charge in [-0.1, -0.05) is 0 Å². The molecule has 15 heteroatoms. The average molecular weight is 488 g/mol. The van der Waals surface area contributed by atoms with E-state index in [9.17, 15) is 51.1 Å². The molecule has 0 aliphatic carbocycles. The van der Waals surface area contributed by atoms with Gasteiger partial charge < -0.3 is 74.7 Å². The van der Waals surface area contributed by atoms with Crippen molar-refractivity contribution in [1.29, 1.82) is 0 Å². The summed E-state index contributed by atoms with van der Waals surface area (Å²) in [6, 6.07) is 0. The van der Waals surface area contributed by atoms with Gasteiger partial charge in [0, 0.05) is 0 Å². The summed E-state index contributed by atoms with van der Waals surface area (Å²) in [5, 5.41) is 99.9. The molecule has 0 aromatic rings. The van der Waals surface area contributed by atoms with E-state index in [-0.39, 0.29) is 0 Å². The van der Waals surface area contributed by atoms with Gasteiger partial charge in [0.2, 0.25) is 0 Å². The molecule has 0 aromatic heterocycles. The highest BCUT2D eigenvalue weighted by atomic mass is 16.7. The van der Waals surface area contributed by atoms with E-state index in [4.69, 9.17) is 23.7 Å². The van der Waals surface area contributed by atoms with E-state index in [0.29, 0.717) is 0 Å². The minimum absolute atomic E-state index is 0.749. The van der Waals surface area contributed by atoms with Crippen LogP contribution in [-0.2, 0) is 23.7 Å². The Hall–Kier alpha value is -0.600. The number of rotatable bonds is 6. The van der Waals surface area contributed by atoms with E-state index in [2.05, 4.69) is 0 Å². The Balaban J connectivity index is 1.77. The predicted octanol–water partition coefficient (Wildman–Crippen LogP) is -6.55. The lowest BCUT2D eigenvalue weighted by Gasteiger charge is -2.47. The van der Waals surface area contributed by atoms with E-state index >= 15 is 0 Å². The van der Waals surface area contributed by atoms with Crippen LogP contribution in [0.25, 0.3) is 0 Å². The SMILES string of the molecule is C[C@@H]1O[C@H](O[C@H]2[C@@H](O)[C@@H](CO)O[C@@H](O[C@H]3[C@H](O)[C@@H](O)C(O)O[C@@H]3CO)[C@@H]2O)[C@@H](O)[C@H](O)[C@@H]1O. The molecule has 0 bridgehead atoms. The second kappa shape index (κ2) is 11.0. The molecule has 33 heavy (non-hydrogen) atoms. The zero-order valence-corrected chi connectivity index (χ0v) is 17.6. The summed E-state index contributed by atoms with van der Waals surface area (Å²) < 4.78 is 26.6. The molecule has 15 nitrogen and oxygen atoms in total. The summed E-state index contributed by atoms with van der Waals surface area (Å²) >= 11 is 0. The zero-order valence-electron chi connectivity index (χ0n) is 17.6. The summed E-state index contributed by atoms with van der Waals surface area (Å²) in [5.74, 6) is 0. The number of ether oxygens (including phenoxy) is 5. The molecule has 0 aromatic carbocycles. The van der Waals surface area contributed by atoms with Crippen molar-refractivity contribution in [3.63, 3.8) is 0 Å². The third-order valence-electron chi connectivity index (χ3n) is 6.05. The van der Waals surface area contributed by atoms with Crippen molar-refractivity contribution in [2.75, 3.05) is 13.2 Å². The molecule has 3 aliphatic heterocycles. The Morgan fingerprint density at radius 2 is 1.12 bits per heavy atom. The molecule has 0 spiro atoms. The molecule has 3 aliphatic rings. The number of hydrogen-bond acceptors (Lipinski definition) is 15. The molecule has 194 valence electrons. The lowest BCUT2D eigenvalue weighted by Crippen LogP contribution is -2.66. The van der Waals surface area contributed by atoms with Crippen molar-refractivity contribution in [2.45, 2.75) is 99.0 Å². The molecule has 0 amide bonds. The average Bonchev–Trinajstić information content (AvgIpc) is 2.79. The summed E-state index contributed by atoms with van der Waals surface area (Å²) in [5.41, 5.74) is 0. The maximum absolute atomic E-state index is 10.7. The lowest BCUT2D eigenvalue weighted by atomic mass is 9.96. The van der Waals surface area contributed by atoms with Crippen LogP contribution in [0.5, 0.6) is 0 Å². The van der Waals surface area contributed by atoms with E-state index in [1.807, 2.05) is 0 Å². The first-order chi connectivity index (χ1) is 15.5. The zero-order chi connectivity index (χ0) is 24.6. The van der Waals surface area contributed by atoms with Crippen LogP contribution in [0, 0.1) is 0 Å². The number of hydrogen-bond donors (Lipinski definition) is 10. The number of aliphatic hydroxyl groups excluding tert-OH is 10. The highest BCUT2D eigenvalue weighted by Crippen LogP contribution is 2.32. The largest absolute Gasteiger partial charge is 0.394 e. The van der Waals surface area contributed by atoms with Crippen molar-refractivity contribution < 1.29 is 74.7 Å². The topological polar surface area (TPSA) is 248 Å². The van der Waals surface area contributed by atoms with E-state index in [1.165, 1.54) is 6.92 Å². The van der Waals surface area contributed by atoms with Gasteiger partial charge in [-0.25, -0.2) is 0 Å². The molecule has 0 saturated carbocycles. The minimum atomic E-state index is -1.84. The number of aliphatic hydroxyl groups is 10. The fourth-order valence-electron chi connectivity index (χ4n) is 4.00. The molecule has 1 unspecified atom stereocenters. The summed E-state index contributed by atoms with van der Waals surface area (Å²) in [6.45, 7) is -0.122. The smallest absolute Gasteiger partial charge is 0.187 e. The molecular formula is C18H32O15. The Labute approximate surface area is 187 Å². The first kappa shape index (κ1) is 27.0. The molecule has 3 saturated heterocycles. The van der Waals surface area contributed by atoms with Gasteiger partial charge in [-0.3, -0.25) is 0 Å². The van der Waals surface area contributed by atoms with E-state index in [1.54, 1.807) is 0 Å². The van der Waals surface area contributed by atoms with Crippen LogP contribution >= 0.6 is 0 Å². The molecule has 15 atom stereocenters. The van der Waals surface area contributed by atoms with Crippen molar-refractivity contribution >= 4 is 0 Å². The molecule has 0 radical (unpaired) electrons. The van der Waals surface area contributed by atoms with Gasteiger partial charge in [0.05, 0.1) is 19.3 Å². The van der Waals surface area contributed by atoms with Crippen molar-refractivity contribution in [3.05, 3.63) is 0 Å². The van der Waals surface area contributed by atoms with Crippen LogP contribution in [0.4, 0.5) is 0 Å².